The first kappa shape index (κ1) is 33.3. The van der Waals surface area contributed by atoms with Crippen LogP contribution in [-0.4, -0.2) is 75.0 Å². The average Bonchev–Trinajstić information content (AvgIpc) is 3.68. The molecule has 0 bridgehead atoms. The Morgan fingerprint density at radius 1 is 0.980 bits per heavy atom. The number of hydrogen-bond acceptors (Lipinski definition) is 8. The lowest BCUT2D eigenvalue weighted by Crippen LogP contribution is -2.52. The van der Waals surface area contributed by atoms with Gasteiger partial charge >= 0.3 is 6.01 Å². The molecule has 4 aliphatic rings. The zero-order chi connectivity index (χ0) is 34.9. The summed E-state index contributed by atoms with van der Waals surface area (Å²) in [5, 5.41) is 27.0. The molecule has 4 aromatic rings. The molecule has 0 radical (unpaired) electrons. The number of phenolic OH excluding ortho intramolecular Hbond substituents is 1. The molecular formula is C41H50FN5O3. The number of piperidine rings is 1. The second-order valence-corrected chi connectivity index (χ2v) is 15.8. The van der Waals surface area contributed by atoms with Crippen molar-refractivity contribution < 1.29 is 19.3 Å². The fraction of sp³-hybridized carbons (Fsp3) is 0.537. The van der Waals surface area contributed by atoms with Gasteiger partial charge in [0, 0.05) is 23.9 Å². The number of aromatic hydroxyl groups is 1. The summed E-state index contributed by atoms with van der Waals surface area (Å²) in [5.41, 5.74) is 2.03. The second-order valence-electron chi connectivity index (χ2n) is 15.8. The minimum absolute atomic E-state index is 0.0117. The standard InChI is InChI=1S/C41H50FN5O3/c1-6-29-33(42)11-10-27-19-28(48)20-30(35(27)29)31-21-34-36(32-18-25(4)26(5)43-37(31)32)38(46-15-9-14-41(49,22-46)24(2)3)45-39(44-34)50-23-40-12-7-16-47(40)17-8-13-40/h10-11,18-21,24-26,48-49H,6-9,12-17,22-23H2,1-5H3. The van der Waals surface area contributed by atoms with Crippen LogP contribution in [0.4, 0.5) is 10.2 Å². The molecule has 3 fully saturated rings. The van der Waals surface area contributed by atoms with E-state index >= 15 is 4.39 Å². The molecule has 0 saturated carbocycles. The Morgan fingerprint density at radius 3 is 2.48 bits per heavy atom. The summed E-state index contributed by atoms with van der Waals surface area (Å²) >= 11 is 0. The molecule has 50 heavy (non-hydrogen) atoms. The molecular weight excluding hydrogens is 629 g/mol. The van der Waals surface area contributed by atoms with Crippen molar-refractivity contribution >= 4 is 33.6 Å². The van der Waals surface area contributed by atoms with Crippen molar-refractivity contribution in [3.63, 3.8) is 0 Å². The van der Waals surface area contributed by atoms with E-state index in [-0.39, 0.29) is 35.0 Å². The number of halogens is 1. The minimum atomic E-state index is -0.847. The predicted molar refractivity (Wildman–Crippen MR) is 197 cm³/mol. The summed E-state index contributed by atoms with van der Waals surface area (Å²) in [7, 11) is 0. The van der Waals surface area contributed by atoms with E-state index in [1.165, 1.54) is 18.9 Å². The monoisotopic (exact) mass is 679 g/mol. The molecule has 0 aliphatic carbocycles. The van der Waals surface area contributed by atoms with E-state index in [2.05, 4.69) is 43.6 Å². The molecule has 9 heteroatoms. The van der Waals surface area contributed by atoms with Gasteiger partial charge < -0.3 is 19.8 Å². The zero-order valence-corrected chi connectivity index (χ0v) is 30.1. The highest BCUT2D eigenvalue weighted by Crippen LogP contribution is 2.41. The first-order valence-electron chi connectivity index (χ1n) is 18.7. The van der Waals surface area contributed by atoms with E-state index in [1.807, 2.05) is 13.0 Å². The molecule has 264 valence electrons. The van der Waals surface area contributed by atoms with Gasteiger partial charge in [-0.3, -0.25) is 9.89 Å². The number of aromatic nitrogens is 2. The average molecular weight is 680 g/mol. The van der Waals surface area contributed by atoms with Crippen LogP contribution >= 0.6 is 0 Å². The topological polar surface area (TPSA) is 94.3 Å². The van der Waals surface area contributed by atoms with Gasteiger partial charge in [0.2, 0.25) is 0 Å². The zero-order valence-electron chi connectivity index (χ0n) is 30.1. The lowest BCUT2D eigenvalue weighted by molar-refractivity contribution is -0.0168. The lowest BCUT2D eigenvalue weighted by atomic mass is 9.82. The minimum Gasteiger partial charge on any atom is -0.508 e. The largest absolute Gasteiger partial charge is 0.508 e. The van der Waals surface area contributed by atoms with Crippen LogP contribution in [0.2, 0.25) is 0 Å². The van der Waals surface area contributed by atoms with Gasteiger partial charge in [-0.25, -0.2) is 4.39 Å². The highest BCUT2D eigenvalue weighted by Gasteiger charge is 2.45. The predicted octanol–water partition coefficient (Wildman–Crippen LogP) is 6.29. The van der Waals surface area contributed by atoms with Gasteiger partial charge in [0.15, 0.2) is 0 Å². The van der Waals surface area contributed by atoms with E-state index in [0.717, 1.165) is 89.0 Å². The highest BCUT2D eigenvalue weighted by molar-refractivity contribution is 6.03. The Balaban J connectivity index is 1.40. The van der Waals surface area contributed by atoms with Crippen LogP contribution in [0.5, 0.6) is 11.8 Å². The number of benzene rings is 3. The maximum atomic E-state index is 15.4. The molecule has 3 unspecified atom stereocenters. The van der Waals surface area contributed by atoms with Gasteiger partial charge in [-0.15, -0.1) is 0 Å². The summed E-state index contributed by atoms with van der Waals surface area (Å²) in [4.78, 5) is 20.4. The summed E-state index contributed by atoms with van der Waals surface area (Å²) in [6.07, 6.45) is 8.95. The van der Waals surface area contributed by atoms with Crippen molar-refractivity contribution in [2.75, 3.05) is 37.7 Å². The van der Waals surface area contributed by atoms with Crippen molar-refractivity contribution in [3.05, 3.63) is 52.3 Å². The Morgan fingerprint density at radius 2 is 1.74 bits per heavy atom. The third-order valence-electron chi connectivity index (χ3n) is 12.4. The lowest BCUT2D eigenvalue weighted by Gasteiger charge is -2.42. The molecule has 0 amide bonds. The highest BCUT2D eigenvalue weighted by atomic mass is 19.1. The summed E-state index contributed by atoms with van der Waals surface area (Å²) < 4.78 is 22.0. The van der Waals surface area contributed by atoms with Crippen LogP contribution in [0.3, 0.4) is 0 Å². The van der Waals surface area contributed by atoms with Crippen molar-refractivity contribution in [2.45, 2.75) is 96.7 Å². The Hall–Kier alpha value is -3.82. The number of ether oxygens (including phenoxy) is 1. The van der Waals surface area contributed by atoms with E-state index in [0.29, 0.717) is 36.7 Å². The van der Waals surface area contributed by atoms with E-state index in [4.69, 9.17) is 19.7 Å². The normalized spacial score (nSPS) is 24.8. The molecule has 1 aromatic heterocycles. The van der Waals surface area contributed by atoms with Crippen molar-refractivity contribution in [2.24, 2.45) is 16.8 Å². The molecule has 0 spiro atoms. The van der Waals surface area contributed by atoms with Crippen LogP contribution in [0.1, 0.15) is 78.7 Å². The van der Waals surface area contributed by atoms with Crippen molar-refractivity contribution in [1.29, 1.82) is 0 Å². The van der Waals surface area contributed by atoms with Gasteiger partial charge in [0.25, 0.3) is 0 Å². The maximum absolute atomic E-state index is 15.4. The molecule has 2 N–H and O–H groups in total. The molecule has 8 rings (SSSR count). The number of phenols is 1. The number of aryl methyl sites for hydroxylation is 1. The van der Waals surface area contributed by atoms with Crippen molar-refractivity contribution in [1.82, 2.24) is 14.9 Å². The summed E-state index contributed by atoms with van der Waals surface area (Å²) in [5.74, 6) is 0.842. The maximum Gasteiger partial charge on any atom is 0.319 e. The van der Waals surface area contributed by atoms with E-state index in [1.54, 1.807) is 18.2 Å². The quantitative estimate of drug-likeness (QED) is 0.237. The molecule has 3 saturated heterocycles. The van der Waals surface area contributed by atoms with Gasteiger partial charge in [0.1, 0.15) is 24.0 Å². The number of nitrogens with zero attached hydrogens (tertiary/aromatic N) is 5. The van der Waals surface area contributed by atoms with Gasteiger partial charge in [-0.05, 0) is 123 Å². The van der Waals surface area contributed by atoms with E-state index in [9.17, 15) is 10.2 Å². The van der Waals surface area contributed by atoms with E-state index < -0.39 is 5.60 Å². The van der Waals surface area contributed by atoms with Gasteiger partial charge in [0.05, 0.1) is 33.4 Å². The number of fused-ring (bicyclic) bond motifs is 5. The van der Waals surface area contributed by atoms with Crippen LogP contribution in [0.25, 0.3) is 38.9 Å². The van der Waals surface area contributed by atoms with Gasteiger partial charge in [-0.2, -0.15) is 9.97 Å². The number of β-amino-alcohol motifs (C(OH)–C–C–N with tert-alkyl or cyclic N) is 1. The molecule has 5 heterocycles. The van der Waals surface area contributed by atoms with Crippen LogP contribution < -0.4 is 20.2 Å². The van der Waals surface area contributed by atoms with Crippen molar-refractivity contribution in [3.8, 4) is 22.9 Å². The molecule has 8 nitrogen and oxygen atoms in total. The third kappa shape index (κ3) is 5.43. The van der Waals surface area contributed by atoms with Crippen LogP contribution in [-0.2, 0) is 6.42 Å². The number of anilines is 1. The summed E-state index contributed by atoms with van der Waals surface area (Å²) in [6, 6.07) is 9.05. The smallest absolute Gasteiger partial charge is 0.319 e. The number of rotatable bonds is 7. The fourth-order valence-corrected chi connectivity index (χ4v) is 9.23. The Labute approximate surface area is 293 Å². The third-order valence-corrected chi connectivity index (χ3v) is 12.4. The SMILES string of the molecule is CCc1c(F)ccc2cc(O)cc(-c3cc4nc(OCC56CCCN5CCC6)nc(N5CCCC(O)(C(C)C)C5)c4c4c3=NC(C)C(C)C=4)c12. The summed E-state index contributed by atoms with van der Waals surface area (Å²) in [6.45, 7) is 14.4. The number of aliphatic hydroxyl groups is 1. The fourth-order valence-electron chi connectivity index (χ4n) is 9.23. The first-order valence-corrected chi connectivity index (χ1v) is 18.7. The first-order chi connectivity index (χ1) is 24.0. The van der Waals surface area contributed by atoms with Crippen LogP contribution in [0, 0.1) is 17.7 Å². The number of hydrogen-bond donors (Lipinski definition) is 2. The Bertz CT molecular complexity index is 2110. The van der Waals surface area contributed by atoms with Gasteiger partial charge in [-0.1, -0.05) is 39.8 Å². The molecule has 3 aromatic carbocycles. The molecule has 4 aliphatic heterocycles. The Kier molecular flexibility index (Phi) is 8.30. The van der Waals surface area contributed by atoms with Crippen LogP contribution in [0.15, 0.2) is 35.3 Å². The molecule has 3 atom stereocenters. The second kappa shape index (κ2) is 12.4.